The van der Waals surface area contributed by atoms with Crippen LogP contribution in [0.4, 0.5) is 5.82 Å². The highest BCUT2D eigenvalue weighted by atomic mass is 16.5. The number of aromatic nitrogens is 2. The highest BCUT2D eigenvalue weighted by molar-refractivity contribution is 5.37. The number of hydrogen-bond donors (Lipinski definition) is 1. The van der Waals surface area contributed by atoms with Crippen LogP contribution < -0.4 is 5.32 Å². The lowest BCUT2D eigenvalue weighted by Crippen LogP contribution is -2.38. The molecule has 0 unspecified atom stereocenters. The first kappa shape index (κ1) is 15.2. The summed E-state index contributed by atoms with van der Waals surface area (Å²) in [7, 11) is 1.88. The molecule has 112 valence electrons. The first-order valence-corrected chi connectivity index (χ1v) is 7.40. The van der Waals surface area contributed by atoms with Gasteiger partial charge in [0.25, 0.3) is 0 Å². The maximum atomic E-state index is 6.06. The Balaban J connectivity index is 2.43. The summed E-state index contributed by atoms with van der Waals surface area (Å²) in [6, 6.07) is 2.01. The quantitative estimate of drug-likeness (QED) is 0.898. The van der Waals surface area contributed by atoms with Crippen LogP contribution in [0.25, 0.3) is 0 Å². The van der Waals surface area contributed by atoms with E-state index in [9.17, 15) is 0 Å². The highest BCUT2D eigenvalue weighted by Gasteiger charge is 2.38. The lowest BCUT2D eigenvalue weighted by molar-refractivity contribution is -0.117. The number of anilines is 1. The zero-order chi connectivity index (χ0) is 14.6. The normalized spacial score (nSPS) is 18.2. The molecule has 5 heteroatoms. The molecule has 0 amide bonds. The molecule has 1 N–H and O–H groups in total. The molecule has 0 saturated carbocycles. The molecule has 0 spiro atoms. The van der Waals surface area contributed by atoms with Gasteiger partial charge in [0.15, 0.2) is 5.82 Å². The van der Waals surface area contributed by atoms with Crippen molar-refractivity contribution in [3.05, 3.63) is 17.6 Å². The Morgan fingerprint density at radius 1 is 1.35 bits per heavy atom. The van der Waals surface area contributed by atoms with E-state index in [-0.39, 0.29) is 0 Å². The van der Waals surface area contributed by atoms with E-state index in [0.29, 0.717) is 25.7 Å². The standard InChI is InChI=1S/C15H25N3O2/c1-5-20-15(6-8-19-9-7-15)14-17-12(11(2)3)10-13(16-4)18-14/h10-11H,5-9H2,1-4H3,(H,16,17,18). The maximum absolute atomic E-state index is 6.06. The molecule has 0 aliphatic carbocycles. The van der Waals surface area contributed by atoms with Crippen molar-refractivity contribution in [1.29, 1.82) is 0 Å². The van der Waals surface area contributed by atoms with Crippen molar-refractivity contribution in [3.63, 3.8) is 0 Å². The van der Waals surface area contributed by atoms with Gasteiger partial charge < -0.3 is 14.8 Å². The Hall–Kier alpha value is -1.20. The Bertz CT molecular complexity index is 437. The number of hydrogen-bond acceptors (Lipinski definition) is 5. The third-order valence-corrected chi connectivity index (χ3v) is 3.72. The van der Waals surface area contributed by atoms with Crippen molar-refractivity contribution in [2.24, 2.45) is 0 Å². The van der Waals surface area contributed by atoms with Crippen LogP contribution in [-0.4, -0.2) is 36.8 Å². The molecule has 1 saturated heterocycles. The van der Waals surface area contributed by atoms with Gasteiger partial charge in [-0.25, -0.2) is 9.97 Å². The molecule has 0 aromatic carbocycles. The van der Waals surface area contributed by atoms with Gasteiger partial charge in [-0.2, -0.15) is 0 Å². The second kappa shape index (κ2) is 6.50. The molecular formula is C15H25N3O2. The summed E-state index contributed by atoms with van der Waals surface area (Å²) < 4.78 is 11.5. The summed E-state index contributed by atoms with van der Waals surface area (Å²) in [4.78, 5) is 9.41. The Morgan fingerprint density at radius 3 is 2.60 bits per heavy atom. The summed E-state index contributed by atoms with van der Waals surface area (Å²) in [6.07, 6.45) is 1.62. The maximum Gasteiger partial charge on any atom is 0.163 e. The fourth-order valence-corrected chi connectivity index (χ4v) is 2.50. The molecule has 0 bridgehead atoms. The largest absolute Gasteiger partial charge is 0.381 e. The van der Waals surface area contributed by atoms with E-state index in [1.54, 1.807) is 0 Å². The molecule has 5 nitrogen and oxygen atoms in total. The SMILES string of the molecule is CCOC1(c2nc(NC)cc(C(C)C)n2)CCOCC1. The molecule has 1 fully saturated rings. The van der Waals surface area contributed by atoms with Crippen LogP contribution in [0.3, 0.4) is 0 Å². The van der Waals surface area contributed by atoms with Crippen molar-refractivity contribution in [2.45, 2.75) is 45.1 Å². The number of nitrogens with zero attached hydrogens (tertiary/aromatic N) is 2. The molecule has 1 aliphatic rings. The van der Waals surface area contributed by atoms with Gasteiger partial charge in [0.05, 0.1) is 0 Å². The van der Waals surface area contributed by atoms with E-state index in [2.05, 4.69) is 24.1 Å². The van der Waals surface area contributed by atoms with Crippen molar-refractivity contribution in [2.75, 3.05) is 32.2 Å². The smallest absolute Gasteiger partial charge is 0.163 e. The Morgan fingerprint density at radius 2 is 2.05 bits per heavy atom. The molecule has 2 heterocycles. The lowest BCUT2D eigenvalue weighted by Gasteiger charge is -2.35. The lowest BCUT2D eigenvalue weighted by atomic mass is 9.92. The Labute approximate surface area is 121 Å². The van der Waals surface area contributed by atoms with E-state index in [1.807, 2.05) is 20.0 Å². The van der Waals surface area contributed by atoms with Gasteiger partial charge in [-0.05, 0) is 12.8 Å². The highest BCUT2D eigenvalue weighted by Crippen LogP contribution is 2.35. The van der Waals surface area contributed by atoms with Crippen molar-refractivity contribution in [1.82, 2.24) is 9.97 Å². The van der Waals surface area contributed by atoms with E-state index >= 15 is 0 Å². The number of nitrogens with one attached hydrogen (secondary N) is 1. The summed E-state index contributed by atoms with van der Waals surface area (Å²) in [5.74, 6) is 2.00. The monoisotopic (exact) mass is 279 g/mol. The van der Waals surface area contributed by atoms with Crippen LogP contribution in [0.5, 0.6) is 0 Å². The average Bonchev–Trinajstić information content (AvgIpc) is 2.48. The molecule has 0 atom stereocenters. The number of rotatable bonds is 5. The Kier molecular flexibility index (Phi) is 4.94. The summed E-state index contributed by atoms with van der Waals surface area (Å²) >= 11 is 0. The van der Waals surface area contributed by atoms with E-state index in [4.69, 9.17) is 14.5 Å². The topological polar surface area (TPSA) is 56.3 Å². The zero-order valence-corrected chi connectivity index (χ0v) is 12.9. The van der Waals surface area contributed by atoms with Gasteiger partial charge in [-0.15, -0.1) is 0 Å². The zero-order valence-electron chi connectivity index (χ0n) is 12.9. The van der Waals surface area contributed by atoms with Crippen LogP contribution in [0.15, 0.2) is 6.07 Å². The molecule has 20 heavy (non-hydrogen) atoms. The van der Waals surface area contributed by atoms with Gasteiger partial charge in [-0.3, -0.25) is 0 Å². The summed E-state index contributed by atoms with van der Waals surface area (Å²) in [5.41, 5.74) is 0.647. The molecular weight excluding hydrogens is 254 g/mol. The van der Waals surface area contributed by atoms with E-state index in [0.717, 1.165) is 30.2 Å². The van der Waals surface area contributed by atoms with Crippen molar-refractivity contribution < 1.29 is 9.47 Å². The second-order valence-corrected chi connectivity index (χ2v) is 5.45. The van der Waals surface area contributed by atoms with E-state index in [1.165, 1.54) is 0 Å². The third-order valence-electron chi connectivity index (χ3n) is 3.72. The van der Waals surface area contributed by atoms with Crippen LogP contribution in [-0.2, 0) is 15.1 Å². The predicted octanol–water partition coefficient (Wildman–Crippen LogP) is 2.68. The summed E-state index contributed by atoms with van der Waals surface area (Å²) in [6.45, 7) is 8.35. The van der Waals surface area contributed by atoms with E-state index < -0.39 is 5.60 Å². The molecule has 1 aromatic heterocycles. The number of ether oxygens (including phenoxy) is 2. The van der Waals surface area contributed by atoms with Gasteiger partial charge in [0.2, 0.25) is 0 Å². The summed E-state index contributed by atoms with van der Waals surface area (Å²) in [5, 5.41) is 3.12. The van der Waals surface area contributed by atoms with Gasteiger partial charge in [-0.1, -0.05) is 13.8 Å². The van der Waals surface area contributed by atoms with Crippen LogP contribution >= 0.6 is 0 Å². The average molecular weight is 279 g/mol. The predicted molar refractivity (Wildman–Crippen MR) is 79.0 cm³/mol. The fourth-order valence-electron chi connectivity index (χ4n) is 2.50. The van der Waals surface area contributed by atoms with Crippen LogP contribution in [0.1, 0.15) is 51.0 Å². The molecule has 1 aromatic rings. The van der Waals surface area contributed by atoms with Gasteiger partial charge in [0, 0.05) is 51.5 Å². The van der Waals surface area contributed by atoms with Crippen LogP contribution in [0, 0.1) is 0 Å². The van der Waals surface area contributed by atoms with Gasteiger partial charge in [0.1, 0.15) is 11.4 Å². The minimum absolute atomic E-state index is 0.363. The first-order valence-electron chi connectivity index (χ1n) is 7.40. The second-order valence-electron chi connectivity index (χ2n) is 5.45. The first-order chi connectivity index (χ1) is 9.61. The van der Waals surface area contributed by atoms with Gasteiger partial charge >= 0.3 is 0 Å². The van der Waals surface area contributed by atoms with Crippen molar-refractivity contribution in [3.8, 4) is 0 Å². The minimum Gasteiger partial charge on any atom is -0.381 e. The fraction of sp³-hybridized carbons (Fsp3) is 0.733. The van der Waals surface area contributed by atoms with Crippen LogP contribution in [0.2, 0.25) is 0 Å². The molecule has 2 rings (SSSR count). The van der Waals surface area contributed by atoms with Crippen molar-refractivity contribution >= 4 is 5.82 Å². The third kappa shape index (κ3) is 3.10. The molecule has 1 aliphatic heterocycles. The minimum atomic E-state index is -0.399. The molecule has 0 radical (unpaired) electrons.